The molecular formula is C18H14N6OS2. The van der Waals surface area contributed by atoms with Gasteiger partial charge in [-0.05, 0) is 12.1 Å². The van der Waals surface area contributed by atoms with Crippen LogP contribution in [0.3, 0.4) is 0 Å². The number of hydrogen-bond donors (Lipinski definition) is 1. The van der Waals surface area contributed by atoms with Gasteiger partial charge in [0.15, 0.2) is 5.82 Å². The van der Waals surface area contributed by atoms with Crippen molar-refractivity contribution in [3.63, 3.8) is 0 Å². The summed E-state index contributed by atoms with van der Waals surface area (Å²) in [7, 11) is 0. The highest BCUT2D eigenvalue weighted by Crippen LogP contribution is 2.24. The van der Waals surface area contributed by atoms with Crippen LogP contribution in [0.4, 0.5) is 5.13 Å². The van der Waals surface area contributed by atoms with Crippen LogP contribution in [0, 0.1) is 0 Å². The lowest BCUT2D eigenvalue weighted by atomic mass is 10.2. The van der Waals surface area contributed by atoms with Crippen LogP contribution in [0.5, 0.6) is 0 Å². The van der Waals surface area contributed by atoms with Crippen molar-refractivity contribution in [3.05, 3.63) is 66.2 Å². The molecule has 2 heterocycles. The lowest BCUT2D eigenvalue weighted by Crippen LogP contribution is -2.14. The van der Waals surface area contributed by atoms with Crippen LogP contribution in [0.15, 0.2) is 71.3 Å². The normalized spacial score (nSPS) is 10.7. The molecule has 0 aliphatic rings. The Morgan fingerprint density at radius 3 is 2.52 bits per heavy atom. The topological polar surface area (TPSA) is 85.6 Å². The standard InChI is InChI=1S/C18H14N6OS2/c25-15(20-17-22-19-12-27-17)11-26-18-21-16(13-7-3-1-4-8-13)24(23-18)14-9-5-2-6-10-14/h1-10,12H,11H2,(H,20,22,25). The van der Waals surface area contributed by atoms with Gasteiger partial charge in [-0.3, -0.25) is 10.1 Å². The molecule has 0 saturated carbocycles. The zero-order chi connectivity index (χ0) is 18.5. The summed E-state index contributed by atoms with van der Waals surface area (Å²) >= 11 is 2.55. The molecule has 7 nitrogen and oxygen atoms in total. The lowest BCUT2D eigenvalue weighted by molar-refractivity contribution is -0.113. The smallest absolute Gasteiger partial charge is 0.236 e. The second-order valence-corrected chi connectivity index (χ2v) is 7.19. The Balaban J connectivity index is 1.57. The highest BCUT2D eigenvalue weighted by molar-refractivity contribution is 7.99. The van der Waals surface area contributed by atoms with E-state index in [1.165, 1.54) is 23.1 Å². The molecule has 0 saturated heterocycles. The molecule has 0 atom stereocenters. The van der Waals surface area contributed by atoms with Crippen LogP contribution < -0.4 is 5.32 Å². The third-order valence-corrected chi connectivity index (χ3v) is 5.00. The molecule has 0 fully saturated rings. The molecule has 0 aliphatic heterocycles. The van der Waals surface area contributed by atoms with Gasteiger partial charge in [0.1, 0.15) is 5.51 Å². The summed E-state index contributed by atoms with van der Waals surface area (Å²) in [5, 5.41) is 15.8. The number of rotatable bonds is 6. The third-order valence-electron chi connectivity index (χ3n) is 3.56. The van der Waals surface area contributed by atoms with Gasteiger partial charge in [0.05, 0.1) is 11.4 Å². The average molecular weight is 394 g/mol. The van der Waals surface area contributed by atoms with E-state index in [2.05, 4.69) is 25.6 Å². The Hall–Kier alpha value is -3.04. The fourth-order valence-electron chi connectivity index (χ4n) is 2.39. The quantitative estimate of drug-likeness (QED) is 0.504. The first-order valence-electron chi connectivity index (χ1n) is 8.06. The monoisotopic (exact) mass is 394 g/mol. The number of anilines is 1. The largest absolute Gasteiger partial charge is 0.300 e. The molecule has 4 rings (SSSR count). The predicted molar refractivity (Wildman–Crippen MR) is 106 cm³/mol. The molecular weight excluding hydrogens is 380 g/mol. The first kappa shape index (κ1) is 17.4. The first-order valence-corrected chi connectivity index (χ1v) is 9.93. The van der Waals surface area contributed by atoms with Gasteiger partial charge >= 0.3 is 0 Å². The average Bonchev–Trinajstić information content (AvgIpc) is 3.38. The summed E-state index contributed by atoms with van der Waals surface area (Å²) < 4.78 is 1.79. The maximum absolute atomic E-state index is 12.1. The minimum absolute atomic E-state index is 0.172. The zero-order valence-corrected chi connectivity index (χ0v) is 15.7. The Labute approximate surface area is 163 Å². The molecule has 4 aromatic rings. The Morgan fingerprint density at radius 1 is 1.07 bits per heavy atom. The van der Waals surface area contributed by atoms with Gasteiger partial charge in [0.2, 0.25) is 16.2 Å². The van der Waals surface area contributed by atoms with E-state index in [1.807, 2.05) is 60.7 Å². The van der Waals surface area contributed by atoms with Crippen LogP contribution in [-0.4, -0.2) is 36.6 Å². The first-order chi connectivity index (χ1) is 13.3. The van der Waals surface area contributed by atoms with Crippen molar-refractivity contribution in [1.29, 1.82) is 0 Å². The van der Waals surface area contributed by atoms with Gasteiger partial charge < -0.3 is 0 Å². The number of thioether (sulfide) groups is 1. The fourth-order valence-corrected chi connectivity index (χ4v) is 3.47. The molecule has 0 aliphatic carbocycles. The minimum Gasteiger partial charge on any atom is -0.300 e. The number of benzene rings is 2. The van der Waals surface area contributed by atoms with E-state index in [1.54, 1.807) is 10.2 Å². The van der Waals surface area contributed by atoms with Crippen molar-refractivity contribution >= 4 is 34.1 Å². The van der Waals surface area contributed by atoms with Gasteiger partial charge in [-0.1, -0.05) is 71.6 Å². The van der Waals surface area contributed by atoms with E-state index in [4.69, 9.17) is 0 Å². The third kappa shape index (κ3) is 4.21. The zero-order valence-electron chi connectivity index (χ0n) is 14.0. The Bertz CT molecular complexity index is 962. The van der Waals surface area contributed by atoms with Gasteiger partial charge in [-0.25, -0.2) is 9.67 Å². The molecule has 0 radical (unpaired) electrons. The molecule has 2 aromatic heterocycles. The maximum atomic E-state index is 12.1. The Morgan fingerprint density at radius 2 is 1.81 bits per heavy atom. The number of nitrogens with zero attached hydrogens (tertiary/aromatic N) is 5. The number of carbonyl (C=O) groups excluding carboxylic acids is 1. The molecule has 0 unspecified atom stereocenters. The molecule has 2 aromatic carbocycles. The van der Waals surface area contributed by atoms with Crippen LogP contribution in [0.25, 0.3) is 17.1 Å². The number of carbonyl (C=O) groups is 1. The van der Waals surface area contributed by atoms with Gasteiger partial charge in [-0.15, -0.1) is 15.3 Å². The van der Waals surface area contributed by atoms with Gasteiger partial charge in [-0.2, -0.15) is 0 Å². The van der Waals surface area contributed by atoms with E-state index in [0.29, 0.717) is 10.3 Å². The van der Waals surface area contributed by atoms with Crippen molar-refractivity contribution < 1.29 is 4.79 Å². The molecule has 27 heavy (non-hydrogen) atoms. The van der Waals surface area contributed by atoms with Crippen molar-refractivity contribution in [1.82, 2.24) is 25.0 Å². The van der Waals surface area contributed by atoms with Crippen LogP contribution in [0.2, 0.25) is 0 Å². The van der Waals surface area contributed by atoms with E-state index in [9.17, 15) is 4.79 Å². The molecule has 0 spiro atoms. The highest BCUT2D eigenvalue weighted by Gasteiger charge is 2.15. The van der Waals surface area contributed by atoms with Crippen molar-refractivity contribution in [2.45, 2.75) is 5.16 Å². The second-order valence-electron chi connectivity index (χ2n) is 5.41. The number of amides is 1. The van der Waals surface area contributed by atoms with E-state index >= 15 is 0 Å². The second kappa shape index (κ2) is 8.11. The summed E-state index contributed by atoms with van der Waals surface area (Å²) in [6.07, 6.45) is 0. The Kier molecular flexibility index (Phi) is 5.22. The number of aromatic nitrogens is 5. The van der Waals surface area contributed by atoms with Crippen molar-refractivity contribution in [2.24, 2.45) is 0 Å². The summed E-state index contributed by atoms with van der Waals surface area (Å²) in [5.41, 5.74) is 3.44. The maximum Gasteiger partial charge on any atom is 0.236 e. The fraction of sp³-hybridized carbons (Fsp3) is 0.0556. The van der Waals surface area contributed by atoms with Crippen LogP contribution >= 0.6 is 23.1 Å². The van der Waals surface area contributed by atoms with Crippen molar-refractivity contribution in [2.75, 3.05) is 11.1 Å². The number of nitrogens with one attached hydrogen (secondary N) is 1. The van der Waals surface area contributed by atoms with Crippen LogP contribution in [-0.2, 0) is 4.79 Å². The summed E-state index contributed by atoms with van der Waals surface area (Å²) in [6.45, 7) is 0. The summed E-state index contributed by atoms with van der Waals surface area (Å²) in [4.78, 5) is 16.7. The highest BCUT2D eigenvalue weighted by atomic mass is 32.2. The molecule has 0 bridgehead atoms. The molecule has 9 heteroatoms. The van der Waals surface area contributed by atoms with Gasteiger partial charge in [0, 0.05) is 5.56 Å². The van der Waals surface area contributed by atoms with E-state index in [-0.39, 0.29) is 11.7 Å². The van der Waals surface area contributed by atoms with Crippen molar-refractivity contribution in [3.8, 4) is 17.1 Å². The molecule has 134 valence electrons. The number of hydrogen-bond acceptors (Lipinski definition) is 7. The predicted octanol–water partition coefficient (Wildman–Crippen LogP) is 3.52. The molecule has 1 amide bonds. The van der Waals surface area contributed by atoms with E-state index in [0.717, 1.165) is 17.1 Å². The van der Waals surface area contributed by atoms with E-state index < -0.39 is 0 Å². The lowest BCUT2D eigenvalue weighted by Gasteiger charge is -2.05. The van der Waals surface area contributed by atoms with Gasteiger partial charge in [0.25, 0.3) is 0 Å². The van der Waals surface area contributed by atoms with Crippen LogP contribution in [0.1, 0.15) is 0 Å². The summed E-state index contributed by atoms with van der Waals surface area (Å²) in [6, 6.07) is 19.7. The minimum atomic E-state index is -0.172. The summed E-state index contributed by atoms with van der Waals surface area (Å²) in [5.74, 6) is 0.745. The SMILES string of the molecule is O=C(CSc1nc(-c2ccccc2)n(-c2ccccc2)n1)Nc1nncs1. The molecule has 1 N–H and O–H groups in total. The number of para-hydroxylation sites is 1.